The van der Waals surface area contributed by atoms with E-state index in [4.69, 9.17) is 6.42 Å². The van der Waals surface area contributed by atoms with E-state index in [-0.39, 0.29) is 0 Å². The molecule has 15 heavy (non-hydrogen) atoms. The second-order valence-corrected chi connectivity index (χ2v) is 3.23. The van der Waals surface area contributed by atoms with Crippen LogP contribution in [0.5, 0.6) is 0 Å². The lowest BCUT2D eigenvalue weighted by molar-refractivity contribution is -0.130. The van der Waals surface area contributed by atoms with Crippen LogP contribution in [0.25, 0.3) is 0 Å². The summed E-state index contributed by atoms with van der Waals surface area (Å²) in [5, 5.41) is 19.1. The lowest BCUT2D eigenvalue weighted by atomic mass is 9.97. The fourth-order valence-corrected chi connectivity index (χ4v) is 1.28. The Labute approximate surface area is 88.4 Å². The number of hydrogen-bond donors (Lipinski definition) is 2. The summed E-state index contributed by atoms with van der Waals surface area (Å²) < 4.78 is 0. The van der Waals surface area contributed by atoms with Crippen molar-refractivity contribution in [2.45, 2.75) is 19.1 Å². The molecule has 1 rings (SSSR count). The van der Waals surface area contributed by atoms with Crippen molar-refractivity contribution in [1.29, 1.82) is 0 Å². The van der Waals surface area contributed by atoms with Gasteiger partial charge in [0.25, 0.3) is 0 Å². The Bertz CT molecular complexity index is 404. The highest BCUT2D eigenvalue weighted by atomic mass is 16.3. The first kappa shape index (κ1) is 11.4. The number of rotatable bonds is 3. The number of Topliss-reactive ketones (excluding diaryl/α,β-unsaturated/α-hetero) is 1. The molecule has 2 atom stereocenters. The molecule has 0 aliphatic carbocycles. The molecule has 0 spiro atoms. The predicted molar refractivity (Wildman–Crippen MR) is 56.0 cm³/mol. The highest BCUT2D eigenvalue weighted by Crippen LogP contribution is 2.20. The number of aliphatic hydroxyl groups is 2. The fourth-order valence-electron chi connectivity index (χ4n) is 1.28. The monoisotopic (exact) mass is 204 g/mol. The van der Waals surface area contributed by atoms with E-state index in [2.05, 4.69) is 5.92 Å². The Morgan fingerprint density at radius 2 is 2.00 bits per heavy atom. The summed E-state index contributed by atoms with van der Waals surface area (Å²) in [6.07, 6.45) is 2.54. The molecule has 0 unspecified atom stereocenters. The van der Waals surface area contributed by atoms with Gasteiger partial charge in [0.1, 0.15) is 12.2 Å². The number of aliphatic hydroxyl groups excluding tert-OH is 2. The maximum atomic E-state index is 10.9. The number of ketones is 1. The van der Waals surface area contributed by atoms with Gasteiger partial charge in [-0.1, -0.05) is 24.1 Å². The van der Waals surface area contributed by atoms with Gasteiger partial charge in [-0.25, -0.2) is 0 Å². The van der Waals surface area contributed by atoms with Gasteiger partial charge >= 0.3 is 0 Å². The second-order valence-electron chi connectivity index (χ2n) is 3.23. The Kier molecular flexibility index (Phi) is 3.62. The minimum absolute atomic E-state index is 0.391. The van der Waals surface area contributed by atoms with Crippen molar-refractivity contribution < 1.29 is 15.0 Å². The predicted octanol–water partition coefficient (Wildman–Crippen LogP) is 0.651. The minimum atomic E-state index is -1.43. The molecule has 0 aliphatic rings. The molecule has 0 saturated heterocycles. The Hall–Kier alpha value is -1.63. The van der Waals surface area contributed by atoms with Crippen LogP contribution in [0.15, 0.2) is 24.3 Å². The summed E-state index contributed by atoms with van der Waals surface area (Å²) in [7, 11) is 0. The maximum absolute atomic E-state index is 10.9. The van der Waals surface area contributed by atoms with E-state index in [1.165, 1.54) is 6.92 Å². The minimum Gasteiger partial charge on any atom is -0.385 e. The molecule has 0 aliphatic heterocycles. The molecule has 1 aromatic carbocycles. The number of carbonyl (C=O) groups is 1. The molecule has 0 aromatic heterocycles. The maximum Gasteiger partial charge on any atom is 0.161 e. The third kappa shape index (κ3) is 2.44. The average molecular weight is 204 g/mol. The molecule has 0 fully saturated rings. The van der Waals surface area contributed by atoms with Crippen molar-refractivity contribution in [1.82, 2.24) is 0 Å². The largest absolute Gasteiger partial charge is 0.385 e. The normalized spacial score (nSPS) is 14.0. The van der Waals surface area contributed by atoms with E-state index < -0.39 is 18.0 Å². The topological polar surface area (TPSA) is 57.5 Å². The Morgan fingerprint density at radius 1 is 1.40 bits per heavy atom. The summed E-state index contributed by atoms with van der Waals surface area (Å²) >= 11 is 0. The van der Waals surface area contributed by atoms with Crippen LogP contribution in [-0.4, -0.2) is 22.1 Å². The van der Waals surface area contributed by atoms with E-state index in [0.29, 0.717) is 11.1 Å². The van der Waals surface area contributed by atoms with Crippen molar-refractivity contribution in [2.75, 3.05) is 0 Å². The summed E-state index contributed by atoms with van der Waals surface area (Å²) in [5.41, 5.74) is 0.869. The van der Waals surface area contributed by atoms with Gasteiger partial charge in [0.15, 0.2) is 5.78 Å². The molecule has 3 nitrogen and oxygen atoms in total. The first-order chi connectivity index (χ1) is 7.07. The molecule has 0 heterocycles. The number of benzene rings is 1. The van der Waals surface area contributed by atoms with Crippen LogP contribution in [-0.2, 0) is 4.79 Å². The zero-order valence-electron chi connectivity index (χ0n) is 8.34. The zero-order chi connectivity index (χ0) is 11.4. The van der Waals surface area contributed by atoms with Crippen molar-refractivity contribution in [3.63, 3.8) is 0 Å². The molecule has 0 bridgehead atoms. The zero-order valence-corrected chi connectivity index (χ0v) is 8.34. The Morgan fingerprint density at radius 3 is 2.53 bits per heavy atom. The van der Waals surface area contributed by atoms with E-state index in [1.807, 2.05) is 0 Å². The third-order valence-electron chi connectivity index (χ3n) is 2.15. The highest BCUT2D eigenvalue weighted by Gasteiger charge is 2.23. The van der Waals surface area contributed by atoms with Crippen molar-refractivity contribution in [3.05, 3.63) is 35.4 Å². The molecule has 0 saturated carbocycles. The molecule has 78 valence electrons. The van der Waals surface area contributed by atoms with Crippen LogP contribution < -0.4 is 0 Å². The molecular weight excluding hydrogens is 192 g/mol. The fraction of sp³-hybridized carbons (Fsp3) is 0.250. The summed E-state index contributed by atoms with van der Waals surface area (Å²) in [6, 6.07) is 6.65. The summed E-state index contributed by atoms with van der Waals surface area (Å²) in [4.78, 5) is 10.9. The van der Waals surface area contributed by atoms with Crippen LogP contribution in [0, 0.1) is 12.3 Å². The molecule has 0 amide bonds. The van der Waals surface area contributed by atoms with Crippen molar-refractivity contribution in [3.8, 4) is 12.3 Å². The smallest absolute Gasteiger partial charge is 0.161 e. The number of hydrogen-bond acceptors (Lipinski definition) is 3. The van der Waals surface area contributed by atoms with Crippen LogP contribution in [0.1, 0.15) is 24.2 Å². The standard InChI is InChI=1S/C12H12O3/c1-3-9-6-4-5-7-10(9)12(15)11(14)8(2)13/h1,4-7,11-12,14-15H,2H3/t11-,12-/m0/s1. The first-order valence-corrected chi connectivity index (χ1v) is 4.50. The van der Waals surface area contributed by atoms with Gasteiger partial charge in [0, 0.05) is 5.56 Å². The molecule has 0 radical (unpaired) electrons. The summed E-state index contributed by atoms with van der Waals surface area (Å²) in [5.74, 6) is 1.90. The van der Waals surface area contributed by atoms with Gasteiger partial charge in [0.05, 0.1) is 0 Å². The van der Waals surface area contributed by atoms with Gasteiger partial charge < -0.3 is 10.2 Å². The van der Waals surface area contributed by atoms with E-state index in [1.54, 1.807) is 24.3 Å². The van der Waals surface area contributed by atoms with Crippen LogP contribution in [0.4, 0.5) is 0 Å². The molecule has 1 aromatic rings. The van der Waals surface area contributed by atoms with Gasteiger partial charge in [-0.05, 0) is 18.6 Å². The lowest BCUT2D eigenvalue weighted by Crippen LogP contribution is -2.26. The SMILES string of the molecule is C#Cc1ccccc1[C@H](O)[C@@H](O)C(C)=O. The van der Waals surface area contributed by atoms with Crippen LogP contribution in [0.3, 0.4) is 0 Å². The summed E-state index contributed by atoms with van der Waals surface area (Å²) in [6.45, 7) is 1.21. The van der Waals surface area contributed by atoms with E-state index in [9.17, 15) is 15.0 Å². The lowest BCUT2D eigenvalue weighted by Gasteiger charge is -2.16. The third-order valence-corrected chi connectivity index (χ3v) is 2.15. The van der Waals surface area contributed by atoms with Crippen molar-refractivity contribution >= 4 is 5.78 Å². The number of terminal acetylenes is 1. The van der Waals surface area contributed by atoms with E-state index >= 15 is 0 Å². The highest BCUT2D eigenvalue weighted by molar-refractivity contribution is 5.81. The quantitative estimate of drug-likeness (QED) is 0.711. The van der Waals surface area contributed by atoms with Crippen molar-refractivity contribution in [2.24, 2.45) is 0 Å². The average Bonchev–Trinajstić information content (AvgIpc) is 2.26. The second kappa shape index (κ2) is 4.74. The van der Waals surface area contributed by atoms with Gasteiger partial charge in [0.2, 0.25) is 0 Å². The van der Waals surface area contributed by atoms with Crippen LogP contribution in [0.2, 0.25) is 0 Å². The first-order valence-electron chi connectivity index (χ1n) is 4.50. The molecule has 2 N–H and O–H groups in total. The van der Waals surface area contributed by atoms with Gasteiger partial charge in [-0.15, -0.1) is 6.42 Å². The molecular formula is C12H12O3. The van der Waals surface area contributed by atoms with Crippen LogP contribution >= 0.6 is 0 Å². The van der Waals surface area contributed by atoms with Gasteiger partial charge in [-0.3, -0.25) is 4.79 Å². The van der Waals surface area contributed by atoms with E-state index in [0.717, 1.165) is 0 Å². The molecule has 3 heteroatoms. The Balaban J connectivity index is 3.06. The van der Waals surface area contributed by atoms with Gasteiger partial charge in [-0.2, -0.15) is 0 Å². The number of carbonyl (C=O) groups excluding carboxylic acids is 1.